The maximum atomic E-state index is 2.82. The van der Waals surface area contributed by atoms with Gasteiger partial charge in [-0.25, -0.2) is 0 Å². The summed E-state index contributed by atoms with van der Waals surface area (Å²) in [7, 11) is 2.35. The van der Waals surface area contributed by atoms with Crippen LogP contribution in [0.15, 0.2) is 30.3 Å². The fourth-order valence-corrected chi connectivity index (χ4v) is 4.70. The van der Waals surface area contributed by atoms with Crippen molar-refractivity contribution in [1.29, 1.82) is 0 Å². The minimum absolute atomic E-state index is 0.818. The van der Waals surface area contributed by atoms with Gasteiger partial charge in [0.25, 0.3) is 0 Å². The zero-order valence-electron chi connectivity index (χ0n) is 11.1. The van der Waals surface area contributed by atoms with Gasteiger partial charge < -0.3 is 0 Å². The third-order valence-electron chi connectivity index (χ3n) is 5.51. The van der Waals surface area contributed by atoms with Crippen molar-refractivity contribution >= 4 is 0 Å². The van der Waals surface area contributed by atoms with E-state index in [1.165, 1.54) is 31.2 Å². The number of hydrogen-bond donors (Lipinski definition) is 0. The summed E-state index contributed by atoms with van der Waals surface area (Å²) in [4.78, 5) is 5.50. The molecule has 0 aromatic heterocycles. The van der Waals surface area contributed by atoms with Gasteiger partial charge >= 0.3 is 0 Å². The molecule has 6 rings (SSSR count). The molecule has 5 fully saturated rings. The van der Waals surface area contributed by atoms with Crippen molar-refractivity contribution in [3.05, 3.63) is 35.9 Å². The lowest BCUT2D eigenvalue weighted by Gasteiger charge is -2.64. The second-order valence-corrected chi connectivity index (χ2v) is 6.25. The predicted molar refractivity (Wildman–Crippen MR) is 73.4 cm³/mol. The minimum Gasteiger partial charge on any atom is -0.297 e. The molecule has 5 aliphatic rings. The van der Waals surface area contributed by atoms with Crippen LogP contribution in [-0.2, 0) is 6.54 Å². The molecule has 2 nitrogen and oxygen atoms in total. The van der Waals surface area contributed by atoms with Crippen molar-refractivity contribution < 1.29 is 0 Å². The van der Waals surface area contributed by atoms with Crippen LogP contribution < -0.4 is 0 Å². The molecular weight excluding hydrogens is 220 g/mol. The van der Waals surface area contributed by atoms with E-state index in [4.69, 9.17) is 0 Å². The van der Waals surface area contributed by atoms with Gasteiger partial charge in [0.2, 0.25) is 0 Å². The van der Waals surface area contributed by atoms with E-state index in [0.29, 0.717) is 0 Å². The number of rotatable bonds is 2. The van der Waals surface area contributed by atoms with Crippen LogP contribution in [0.3, 0.4) is 0 Å². The molecule has 0 spiro atoms. The van der Waals surface area contributed by atoms with Crippen molar-refractivity contribution in [2.24, 2.45) is 0 Å². The molecule has 0 N–H and O–H groups in total. The van der Waals surface area contributed by atoms with Gasteiger partial charge in [-0.2, -0.15) is 0 Å². The molecule has 4 bridgehead atoms. The van der Waals surface area contributed by atoms with Crippen LogP contribution >= 0.6 is 0 Å². The topological polar surface area (TPSA) is 6.48 Å². The standard InChI is InChI=1S/C16H22N2/c1-17-13-7-9-15-14(17)8-10-16(13)18(15)11-12-5-3-2-4-6-12/h2-6,13-16H,7-11H2,1H3. The zero-order chi connectivity index (χ0) is 12.1. The molecule has 4 atom stereocenters. The SMILES string of the molecule is CN1C2CCC3C1CCC2N3Cc1ccccc1. The predicted octanol–water partition coefficient (Wildman–Crippen LogP) is 2.50. The largest absolute Gasteiger partial charge is 0.297 e. The first-order valence-corrected chi connectivity index (χ1v) is 7.36. The Kier molecular flexibility index (Phi) is 2.49. The summed E-state index contributed by atoms with van der Waals surface area (Å²) in [6.45, 7) is 1.16. The molecule has 96 valence electrons. The fourth-order valence-electron chi connectivity index (χ4n) is 4.70. The number of nitrogens with zero attached hydrogens (tertiary/aromatic N) is 2. The van der Waals surface area contributed by atoms with Crippen LogP contribution in [-0.4, -0.2) is 41.0 Å². The van der Waals surface area contributed by atoms with Gasteiger partial charge in [0.05, 0.1) is 0 Å². The van der Waals surface area contributed by atoms with E-state index in [9.17, 15) is 0 Å². The Balaban J connectivity index is 1.60. The molecular formula is C16H22N2. The molecule has 0 saturated carbocycles. The maximum Gasteiger partial charge on any atom is 0.0259 e. The minimum atomic E-state index is 0.818. The number of hydrogen-bond acceptors (Lipinski definition) is 2. The van der Waals surface area contributed by atoms with E-state index >= 15 is 0 Å². The first-order chi connectivity index (χ1) is 8.84. The van der Waals surface area contributed by atoms with E-state index in [0.717, 1.165) is 30.7 Å². The van der Waals surface area contributed by atoms with Crippen molar-refractivity contribution in [3.63, 3.8) is 0 Å². The highest BCUT2D eigenvalue weighted by molar-refractivity contribution is 5.17. The smallest absolute Gasteiger partial charge is 0.0259 e. The maximum absolute atomic E-state index is 2.82. The van der Waals surface area contributed by atoms with E-state index < -0.39 is 0 Å². The van der Waals surface area contributed by atoms with Crippen LogP contribution in [0.2, 0.25) is 0 Å². The van der Waals surface area contributed by atoms with Crippen LogP contribution in [0, 0.1) is 0 Å². The van der Waals surface area contributed by atoms with Crippen molar-refractivity contribution in [2.75, 3.05) is 7.05 Å². The molecule has 0 amide bonds. The van der Waals surface area contributed by atoms with Gasteiger partial charge in [0.1, 0.15) is 0 Å². The van der Waals surface area contributed by atoms with E-state index in [-0.39, 0.29) is 0 Å². The van der Waals surface area contributed by atoms with Crippen molar-refractivity contribution in [1.82, 2.24) is 9.80 Å². The summed E-state index contributed by atoms with van der Waals surface area (Å²) in [6, 6.07) is 14.3. The van der Waals surface area contributed by atoms with Gasteiger partial charge in [-0.3, -0.25) is 9.80 Å². The molecule has 0 aliphatic carbocycles. The van der Waals surface area contributed by atoms with Gasteiger partial charge in [0.15, 0.2) is 0 Å². The van der Waals surface area contributed by atoms with Crippen molar-refractivity contribution in [2.45, 2.75) is 56.4 Å². The number of benzene rings is 1. The highest BCUT2D eigenvalue weighted by Gasteiger charge is 2.53. The van der Waals surface area contributed by atoms with Gasteiger partial charge in [-0.1, -0.05) is 30.3 Å². The van der Waals surface area contributed by atoms with Gasteiger partial charge in [-0.05, 0) is 38.3 Å². The average Bonchev–Trinajstić information content (AvgIpc) is 2.39. The molecule has 1 aromatic carbocycles. The summed E-state index contributed by atoms with van der Waals surface area (Å²) in [5.41, 5.74) is 1.48. The van der Waals surface area contributed by atoms with E-state index in [1.54, 1.807) is 0 Å². The summed E-state index contributed by atoms with van der Waals surface area (Å²) >= 11 is 0. The van der Waals surface area contributed by atoms with E-state index in [1.807, 2.05) is 0 Å². The third kappa shape index (κ3) is 1.49. The molecule has 2 heteroatoms. The normalized spacial score (nSPS) is 39.4. The van der Waals surface area contributed by atoms with Crippen LogP contribution in [0.5, 0.6) is 0 Å². The molecule has 0 radical (unpaired) electrons. The van der Waals surface area contributed by atoms with Crippen molar-refractivity contribution in [3.8, 4) is 0 Å². The first kappa shape index (κ1) is 11.0. The monoisotopic (exact) mass is 242 g/mol. The second kappa shape index (κ2) is 4.07. The molecule has 18 heavy (non-hydrogen) atoms. The van der Waals surface area contributed by atoms with Crippen LogP contribution in [0.4, 0.5) is 0 Å². The highest BCUT2D eigenvalue weighted by atomic mass is 15.4. The summed E-state index contributed by atoms with van der Waals surface area (Å²) < 4.78 is 0. The molecule has 5 saturated heterocycles. The second-order valence-electron chi connectivity index (χ2n) is 6.25. The summed E-state index contributed by atoms with van der Waals surface area (Å²) in [6.07, 6.45) is 5.69. The fraction of sp³-hybridized carbons (Fsp3) is 0.625. The molecule has 5 heterocycles. The number of fused-ring (bicyclic) bond motifs is 2. The van der Waals surface area contributed by atoms with E-state index in [2.05, 4.69) is 47.2 Å². The van der Waals surface area contributed by atoms with Gasteiger partial charge in [-0.15, -0.1) is 0 Å². The Morgan fingerprint density at radius 3 is 2.06 bits per heavy atom. The molecule has 4 unspecified atom stereocenters. The Morgan fingerprint density at radius 1 is 0.889 bits per heavy atom. The van der Waals surface area contributed by atoms with Gasteiger partial charge in [0, 0.05) is 30.7 Å². The lowest BCUT2D eigenvalue weighted by molar-refractivity contribution is -0.137. The third-order valence-corrected chi connectivity index (χ3v) is 5.51. The quantitative estimate of drug-likeness (QED) is 0.786. The first-order valence-electron chi connectivity index (χ1n) is 7.36. The Bertz CT molecular complexity index is 410. The number of piperidine rings is 4. The Labute approximate surface area is 110 Å². The number of likely N-dealkylation sites (N-methyl/N-ethyl adjacent to an activating group) is 1. The highest BCUT2D eigenvalue weighted by Crippen LogP contribution is 2.45. The lowest BCUT2D eigenvalue weighted by atomic mass is 9.71. The molecule has 1 aromatic rings. The average molecular weight is 242 g/mol. The summed E-state index contributed by atoms with van der Waals surface area (Å²) in [5.74, 6) is 0. The Morgan fingerprint density at radius 2 is 1.44 bits per heavy atom. The number of piperazine rings is 1. The zero-order valence-corrected chi connectivity index (χ0v) is 11.1. The lowest BCUT2D eigenvalue weighted by Crippen LogP contribution is -2.74. The van der Waals surface area contributed by atoms with Crippen LogP contribution in [0.25, 0.3) is 0 Å². The Hall–Kier alpha value is -0.860. The van der Waals surface area contributed by atoms with Crippen LogP contribution in [0.1, 0.15) is 31.2 Å². The molecule has 5 aliphatic heterocycles. The summed E-state index contributed by atoms with van der Waals surface area (Å²) in [5, 5.41) is 0.